The summed E-state index contributed by atoms with van der Waals surface area (Å²) in [4.78, 5) is 9.02. The van der Waals surface area contributed by atoms with E-state index in [0.717, 1.165) is 25.0 Å². The Morgan fingerprint density at radius 1 is 1.30 bits per heavy atom. The minimum Gasteiger partial charge on any atom is -0.345 e. The third-order valence-corrected chi connectivity index (χ3v) is 5.61. The lowest BCUT2D eigenvalue weighted by molar-refractivity contribution is 0.643. The van der Waals surface area contributed by atoms with Gasteiger partial charge in [-0.05, 0) is 38.5 Å². The van der Waals surface area contributed by atoms with Crippen molar-refractivity contribution in [2.45, 2.75) is 77.4 Å². The van der Waals surface area contributed by atoms with Gasteiger partial charge in [0, 0.05) is 30.1 Å². The number of nitrogens with one attached hydrogen (secondary N) is 1. The van der Waals surface area contributed by atoms with Crippen molar-refractivity contribution in [1.29, 1.82) is 0 Å². The molecule has 4 heteroatoms. The second-order valence-corrected chi connectivity index (χ2v) is 7.23. The van der Waals surface area contributed by atoms with Crippen LogP contribution in [0.2, 0.25) is 0 Å². The molecular weight excluding hydrogens is 266 g/mol. The zero-order valence-electron chi connectivity index (χ0n) is 12.8. The first-order valence-electron chi connectivity index (χ1n) is 8.30. The summed E-state index contributed by atoms with van der Waals surface area (Å²) >= 11 is 1.94. The maximum Gasteiger partial charge on any atom is 0.186 e. The van der Waals surface area contributed by atoms with Crippen molar-refractivity contribution < 1.29 is 0 Å². The van der Waals surface area contributed by atoms with Crippen LogP contribution in [0.25, 0.3) is 0 Å². The van der Waals surface area contributed by atoms with Crippen LogP contribution in [0.15, 0.2) is 0 Å². The number of nitrogens with zero attached hydrogens (tertiary/aromatic N) is 2. The highest BCUT2D eigenvalue weighted by atomic mass is 32.1. The molecule has 1 aliphatic carbocycles. The van der Waals surface area contributed by atoms with E-state index in [2.05, 4.69) is 24.1 Å². The maximum absolute atomic E-state index is 4.98. The van der Waals surface area contributed by atoms with Gasteiger partial charge in [0.05, 0.1) is 5.69 Å². The van der Waals surface area contributed by atoms with E-state index in [4.69, 9.17) is 4.98 Å². The SMILES string of the molecule is CCCc1nc(N2CCCC2CC)sc1CNC1CC1. The summed E-state index contributed by atoms with van der Waals surface area (Å²) in [5.41, 5.74) is 1.35. The Balaban J connectivity index is 1.74. The molecule has 0 spiro atoms. The molecule has 1 saturated heterocycles. The molecule has 1 aromatic rings. The topological polar surface area (TPSA) is 28.2 Å². The summed E-state index contributed by atoms with van der Waals surface area (Å²) in [6.07, 6.45) is 8.96. The zero-order chi connectivity index (χ0) is 13.9. The van der Waals surface area contributed by atoms with Gasteiger partial charge in [-0.25, -0.2) is 4.98 Å². The Morgan fingerprint density at radius 3 is 2.85 bits per heavy atom. The molecule has 1 N–H and O–H groups in total. The first kappa shape index (κ1) is 14.3. The van der Waals surface area contributed by atoms with E-state index in [0.29, 0.717) is 0 Å². The average molecular weight is 293 g/mol. The summed E-state index contributed by atoms with van der Waals surface area (Å²) in [6, 6.07) is 1.50. The van der Waals surface area contributed by atoms with Gasteiger partial charge in [-0.3, -0.25) is 0 Å². The smallest absolute Gasteiger partial charge is 0.186 e. The molecule has 0 amide bonds. The van der Waals surface area contributed by atoms with Crippen LogP contribution in [-0.2, 0) is 13.0 Å². The van der Waals surface area contributed by atoms with E-state index in [1.165, 1.54) is 60.8 Å². The van der Waals surface area contributed by atoms with Crippen molar-refractivity contribution in [3.05, 3.63) is 10.6 Å². The summed E-state index contributed by atoms with van der Waals surface area (Å²) in [7, 11) is 0. The standard InChI is InChI=1S/C16H27N3S/c1-3-6-14-15(11-17-12-8-9-12)20-16(18-14)19-10-5-7-13(19)4-2/h12-13,17H,3-11H2,1-2H3. The number of hydrogen-bond donors (Lipinski definition) is 1. The highest BCUT2D eigenvalue weighted by molar-refractivity contribution is 7.15. The number of thiazole rings is 1. The van der Waals surface area contributed by atoms with Gasteiger partial charge in [-0.15, -0.1) is 11.3 Å². The summed E-state index contributed by atoms with van der Waals surface area (Å²) in [5.74, 6) is 0. The Labute approximate surface area is 126 Å². The molecule has 20 heavy (non-hydrogen) atoms. The van der Waals surface area contributed by atoms with Gasteiger partial charge >= 0.3 is 0 Å². The van der Waals surface area contributed by atoms with Gasteiger partial charge in [0.1, 0.15) is 0 Å². The van der Waals surface area contributed by atoms with E-state index < -0.39 is 0 Å². The van der Waals surface area contributed by atoms with Crippen LogP contribution in [-0.4, -0.2) is 23.6 Å². The molecule has 1 saturated carbocycles. The van der Waals surface area contributed by atoms with Crippen LogP contribution in [0.5, 0.6) is 0 Å². The van der Waals surface area contributed by atoms with Gasteiger partial charge in [-0.2, -0.15) is 0 Å². The molecule has 3 nitrogen and oxygen atoms in total. The molecule has 2 heterocycles. The van der Waals surface area contributed by atoms with Crippen LogP contribution in [0.3, 0.4) is 0 Å². The molecule has 2 aliphatic rings. The summed E-state index contributed by atoms with van der Waals surface area (Å²) in [6.45, 7) is 6.79. The van der Waals surface area contributed by atoms with Gasteiger partial charge in [0.2, 0.25) is 0 Å². The van der Waals surface area contributed by atoms with E-state index in [1.54, 1.807) is 0 Å². The lowest BCUT2D eigenvalue weighted by atomic mass is 10.2. The molecule has 0 radical (unpaired) electrons. The molecule has 112 valence electrons. The lowest BCUT2D eigenvalue weighted by Crippen LogP contribution is -2.28. The second kappa shape index (κ2) is 6.44. The summed E-state index contributed by atoms with van der Waals surface area (Å²) < 4.78 is 0. The van der Waals surface area contributed by atoms with Crippen LogP contribution in [0.1, 0.15) is 62.9 Å². The normalized spacial score (nSPS) is 22.7. The van der Waals surface area contributed by atoms with Crippen molar-refractivity contribution in [2.24, 2.45) is 0 Å². The highest BCUT2D eigenvalue weighted by Gasteiger charge is 2.27. The van der Waals surface area contributed by atoms with Gasteiger partial charge in [0.15, 0.2) is 5.13 Å². The fourth-order valence-corrected chi connectivity index (χ4v) is 4.25. The molecule has 1 atom stereocenters. The van der Waals surface area contributed by atoms with Gasteiger partial charge < -0.3 is 10.2 Å². The fraction of sp³-hybridized carbons (Fsp3) is 0.812. The van der Waals surface area contributed by atoms with Crippen molar-refractivity contribution in [3.63, 3.8) is 0 Å². The second-order valence-electron chi connectivity index (χ2n) is 6.17. The van der Waals surface area contributed by atoms with E-state index >= 15 is 0 Å². The van der Waals surface area contributed by atoms with E-state index in [-0.39, 0.29) is 0 Å². The average Bonchev–Trinajstić information content (AvgIpc) is 3.01. The number of anilines is 1. The Kier molecular flexibility index (Phi) is 4.61. The van der Waals surface area contributed by atoms with E-state index in [9.17, 15) is 0 Å². The molecular formula is C16H27N3S. The number of aromatic nitrogens is 1. The largest absolute Gasteiger partial charge is 0.345 e. The lowest BCUT2D eigenvalue weighted by Gasteiger charge is -2.22. The zero-order valence-corrected chi connectivity index (χ0v) is 13.6. The van der Waals surface area contributed by atoms with Crippen LogP contribution < -0.4 is 10.2 Å². The third-order valence-electron chi connectivity index (χ3n) is 4.48. The third kappa shape index (κ3) is 3.17. The van der Waals surface area contributed by atoms with Crippen molar-refractivity contribution in [3.8, 4) is 0 Å². The molecule has 3 rings (SSSR count). The van der Waals surface area contributed by atoms with Gasteiger partial charge in [-0.1, -0.05) is 20.3 Å². The number of aryl methyl sites for hydroxylation is 1. The minimum absolute atomic E-state index is 0.722. The molecule has 0 bridgehead atoms. The molecule has 2 fully saturated rings. The van der Waals surface area contributed by atoms with E-state index in [1.807, 2.05) is 11.3 Å². The first-order valence-corrected chi connectivity index (χ1v) is 9.12. The van der Waals surface area contributed by atoms with Crippen molar-refractivity contribution >= 4 is 16.5 Å². The van der Waals surface area contributed by atoms with Crippen molar-refractivity contribution in [2.75, 3.05) is 11.4 Å². The Hall–Kier alpha value is -0.610. The predicted octanol–water partition coefficient (Wildman–Crippen LogP) is 3.73. The monoisotopic (exact) mass is 293 g/mol. The Morgan fingerprint density at radius 2 is 2.15 bits per heavy atom. The van der Waals surface area contributed by atoms with Crippen LogP contribution in [0.4, 0.5) is 5.13 Å². The molecule has 1 aromatic heterocycles. The number of hydrogen-bond acceptors (Lipinski definition) is 4. The quantitative estimate of drug-likeness (QED) is 0.830. The van der Waals surface area contributed by atoms with Crippen molar-refractivity contribution in [1.82, 2.24) is 10.3 Å². The molecule has 1 aliphatic heterocycles. The van der Waals surface area contributed by atoms with Crippen LogP contribution in [0, 0.1) is 0 Å². The maximum atomic E-state index is 4.98. The van der Waals surface area contributed by atoms with Gasteiger partial charge in [0.25, 0.3) is 0 Å². The first-order chi connectivity index (χ1) is 9.81. The Bertz CT molecular complexity index is 439. The van der Waals surface area contributed by atoms with Crippen LogP contribution >= 0.6 is 11.3 Å². The minimum atomic E-state index is 0.722. The molecule has 1 unspecified atom stereocenters. The fourth-order valence-electron chi connectivity index (χ4n) is 3.10. The molecule has 0 aromatic carbocycles. The summed E-state index contributed by atoms with van der Waals surface area (Å²) in [5, 5.41) is 4.94. The number of rotatable bonds is 7. The predicted molar refractivity (Wildman–Crippen MR) is 86.6 cm³/mol. The highest BCUT2D eigenvalue weighted by Crippen LogP contribution is 2.33.